The molecule has 1 aromatic carbocycles. The Bertz CT molecular complexity index is 519. The first-order chi connectivity index (χ1) is 8.19. The van der Waals surface area contributed by atoms with Gasteiger partial charge in [-0.3, -0.25) is 0 Å². The van der Waals surface area contributed by atoms with Crippen LogP contribution in [0.5, 0.6) is 0 Å². The lowest BCUT2D eigenvalue weighted by molar-refractivity contribution is 0.554. The molecule has 4 heteroatoms. The Morgan fingerprint density at radius 1 is 1.47 bits per heavy atom. The summed E-state index contributed by atoms with van der Waals surface area (Å²) in [4.78, 5) is 4.68. The zero-order valence-electron chi connectivity index (χ0n) is 10.5. The Labute approximate surface area is 107 Å². The molecule has 0 saturated carbocycles. The second-order valence-electron chi connectivity index (χ2n) is 4.24. The van der Waals surface area contributed by atoms with E-state index in [1.165, 1.54) is 0 Å². The van der Waals surface area contributed by atoms with Gasteiger partial charge in [-0.15, -0.1) is 0 Å². The maximum absolute atomic E-state index is 6.28. The minimum Gasteiger partial charge on any atom is -0.325 e. The summed E-state index contributed by atoms with van der Waals surface area (Å²) >= 11 is 6.28. The summed E-state index contributed by atoms with van der Waals surface area (Å²) in [6.45, 7) is 5.22. The van der Waals surface area contributed by atoms with E-state index in [0.29, 0.717) is 0 Å². The summed E-state index contributed by atoms with van der Waals surface area (Å²) in [5.41, 5.74) is 2.02. The fraction of sp³-hybridized carbons (Fsp3) is 0.462. The molecule has 2 rings (SSSR count). The van der Waals surface area contributed by atoms with Crippen molar-refractivity contribution in [1.29, 1.82) is 0 Å². The number of para-hydroxylation sites is 1. The zero-order chi connectivity index (χ0) is 12.4. The van der Waals surface area contributed by atoms with Crippen LogP contribution in [-0.4, -0.2) is 16.6 Å². The summed E-state index contributed by atoms with van der Waals surface area (Å²) < 4.78 is 2.22. The third kappa shape index (κ3) is 2.17. The molecule has 1 heterocycles. The van der Waals surface area contributed by atoms with E-state index in [9.17, 15) is 0 Å². The lowest BCUT2D eigenvalue weighted by atomic mass is 10.3. The number of aryl methyl sites for hydroxylation is 1. The average molecular weight is 252 g/mol. The van der Waals surface area contributed by atoms with Crippen LogP contribution in [0.25, 0.3) is 11.0 Å². The molecular formula is C13H18ClN3. The van der Waals surface area contributed by atoms with Crippen molar-refractivity contribution < 1.29 is 0 Å². The van der Waals surface area contributed by atoms with Crippen LogP contribution in [0, 0.1) is 0 Å². The van der Waals surface area contributed by atoms with Gasteiger partial charge >= 0.3 is 0 Å². The molecule has 1 N–H and O–H groups in total. The van der Waals surface area contributed by atoms with Gasteiger partial charge in [-0.2, -0.15) is 0 Å². The molecule has 3 nitrogen and oxygen atoms in total. The molecule has 92 valence electrons. The Balaban J connectivity index is 2.67. The first-order valence-corrected chi connectivity index (χ1v) is 6.38. The highest BCUT2D eigenvalue weighted by Crippen LogP contribution is 2.27. The zero-order valence-corrected chi connectivity index (χ0v) is 11.3. The van der Waals surface area contributed by atoms with E-state index in [0.717, 1.165) is 34.8 Å². The molecule has 0 bridgehead atoms. The van der Waals surface area contributed by atoms with E-state index >= 15 is 0 Å². The second-order valence-corrected chi connectivity index (χ2v) is 4.65. The largest absolute Gasteiger partial charge is 0.325 e. The molecule has 1 unspecified atom stereocenters. The van der Waals surface area contributed by atoms with Crippen molar-refractivity contribution in [3.63, 3.8) is 0 Å². The number of fused-ring (bicyclic) bond motifs is 1. The summed E-state index contributed by atoms with van der Waals surface area (Å²) in [7, 11) is 1.95. The van der Waals surface area contributed by atoms with E-state index in [-0.39, 0.29) is 6.04 Å². The second kappa shape index (κ2) is 5.07. The first kappa shape index (κ1) is 12.4. The number of benzene rings is 1. The summed E-state index contributed by atoms with van der Waals surface area (Å²) in [5.74, 6) is 1.05. The van der Waals surface area contributed by atoms with E-state index in [4.69, 9.17) is 11.6 Å². The molecule has 0 aliphatic heterocycles. The van der Waals surface area contributed by atoms with Crippen LogP contribution >= 0.6 is 11.6 Å². The fourth-order valence-corrected chi connectivity index (χ4v) is 2.34. The van der Waals surface area contributed by atoms with E-state index in [1.807, 2.05) is 25.2 Å². The molecule has 0 radical (unpaired) electrons. The molecule has 0 spiro atoms. The van der Waals surface area contributed by atoms with Gasteiger partial charge < -0.3 is 9.88 Å². The van der Waals surface area contributed by atoms with Gasteiger partial charge in [0.25, 0.3) is 0 Å². The Kier molecular flexibility index (Phi) is 3.69. The number of nitrogens with one attached hydrogen (secondary N) is 1. The van der Waals surface area contributed by atoms with Crippen LogP contribution in [0.3, 0.4) is 0 Å². The number of hydrogen-bond donors (Lipinski definition) is 1. The van der Waals surface area contributed by atoms with Crippen LogP contribution < -0.4 is 5.32 Å². The van der Waals surface area contributed by atoms with E-state index < -0.39 is 0 Å². The molecule has 1 atom stereocenters. The predicted molar refractivity (Wildman–Crippen MR) is 72.5 cm³/mol. The maximum Gasteiger partial charge on any atom is 0.126 e. The molecule has 2 aromatic rings. The normalized spacial score (nSPS) is 13.2. The van der Waals surface area contributed by atoms with Gasteiger partial charge in [0.05, 0.1) is 22.1 Å². The highest BCUT2D eigenvalue weighted by atomic mass is 35.5. The molecule has 0 aliphatic rings. The van der Waals surface area contributed by atoms with Gasteiger partial charge in [-0.1, -0.05) is 24.6 Å². The Hall–Kier alpha value is -1.06. The molecule has 0 saturated heterocycles. The average Bonchev–Trinajstić information content (AvgIpc) is 2.69. The van der Waals surface area contributed by atoms with Gasteiger partial charge in [0.15, 0.2) is 0 Å². The topological polar surface area (TPSA) is 29.9 Å². The Morgan fingerprint density at radius 2 is 2.24 bits per heavy atom. The van der Waals surface area contributed by atoms with E-state index in [2.05, 4.69) is 28.7 Å². The minimum absolute atomic E-state index is 0.227. The summed E-state index contributed by atoms with van der Waals surface area (Å²) in [6.07, 6.45) is 1.07. The van der Waals surface area contributed by atoms with Crippen LogP contribution in [0.15, 0.2) is 18.2 Å². The summed E-state index contributed by atoms with van der Waals surface area (Å²) in [6, 6.07) is 6.11. The summed E-state index contributed by atoms with van der Waals surface area (Å²) in [5, 5.41) is 4.01. The number of halogens is 1. The maximum atomic E-state index is 6.28. The van der Waals surface area contributed by atoms with Crippen LogP contribution in [0.2, 0.25) is 5.02 Å². The third-order valence-electron chi connectivity index (χ3n) is 3.01. The van der Waals surface area contributed by atoms with Gasteiger partial charge in [-0.05, 0) is 32.5 Å². The van der Waals surface area contributed by atoms with Crippen molar-refractivity contribution in [3.8, 4) is 0 Å². The number of imidazole rings is 1. The van der Waals surface area contributed by atoms with Gasteiger partial charge in [-0.25, -0.2) is 4.98 Å². The molecular weight excluding hydrogens is 234 g/mol. The van der Waals surface area contributed by atoms with Crippen LogP contribution in [0.1, 0.15) is 32.1 Å². The van der Waals surface area contributed by atoms with Crippen molar-refractivity contribution in [3.05, 3.63) is 29.0 Å². The molecule has 17 heavy (non-hydrogen) atoms. The molecule has 0 amide bonds. The number of hydrogen-bond acceptors (Lipinski definition) is 2. The van der Waals surface area contributed by atoms with Crippen LogP contribution in [0.4, 0.5) is 0 Å². The number of nitrogens with zero attached hydrogens (tertiary/aromatic N) is 2. The quantitative estimate of drug-likeness (QED) is 0.903. The predicted octanol–water partition coefficient (Wildman–Crippen LogP) is 3.38. The van der Waals surface area contributed by atoms with Crippen molar-refractivity contribution in [2.75, 3.05) is 7.05 Å². The Morgan fingerprint density at radius 3 is 2.88 bits per heavy atom. The van der Waals surface area contributed by atoms with Crippen molar-refractivity contribution in [1.82, 2.24) is 14.9 Å². The molecule has 1 aromatic heterocycles. The van der Waals surface area contributed by atoms with Gasteiger partial charge in [0.2, 0.25) is 0 Å². The number of aromatic nitrogens is 2. The highest BCUT2D eigenvalue weighted by Gasteiger charge is 2.16. The van der Waals surface area contributed by atoms with Crippen molar-refractivity contribution >= 4 is 22.6 Å². The smallest absolute Gasteiger partial charge is 0.126 e. The molecule has 0 aliphatic carbocycles. The van der Waals surface area contributed by atoms with Gasteiger partial charge in [0, 0.05) is 6.54 Å². The standard InChI is InChI=1S/C13H18ClN3/c1-4-8-17-12-10(14)6-5-7-11(12)16-13(17)9(2)15-3/h5-7,9,15H,4,8H2,1-3H3. The van der Waals surface area contributed by atoms with Gasteiger partial charge in [0.1, 0.15) is 5.82 Å². The minimum atomic E-state index is 0.227. The van der Waals surface area contributed by atoms with E-state index in [1.54, 1.807) is 0 Å². The monoisotopic (exact) mass is 251 g/mol. The van der Waals surface area contributed by atoms with Crippen LogP contribution in [-0.2, 0) is 6.54 Å². The fourth-order valence-electron chi connectivity index (χ4n) is 2.07. The SMILES string of the molecule is CCCn1c(C(C)NC)nc2cccc(Cl)c21. The van der Waals surface area contributed by atoms with Crippen molar-refractivity contribution in [2.45, 2.75) is 32.9 Å². The molecule has 0 fully saturated rings. The highest BCUT2D eigenvalue weighted by molar-refractivity contribution is 6.35. The van der Waals surface area contributed by atoms with Crippen molar-refractivity contribution in [2.24, 2.45) is 0 Å². The third-order valence-corrected chi connectivity index (χ3v) is 3.32. The lowest BCUT2D eigenvalue weighted by Gasteiger charge is -2.13. The lowest BCUT2D eigenvalue weighted by Crippen LogP contribution is -2.18. The number of rotatable bonds is 4. The first-order valence-electron chi connectivity index (χ1n) is 6.01.